The molecule has 0 bridgehead atoms. The van der Waals surface area contributed by atoms with Crippen molar-refractivity contribution in [3.8, 4) is 6.07 Å². The van der Waals surface area contributed by atoms with Gasteiger partial charge in [-0.1, -0.05) is 48.9 Å². The summed E-state index contributed by atoms with van der Waals surface area (Å²) in [6.45, 7) is 2.72. The molecule has 0 saturated carbocycles. The fourth-order valence-corrected chi connectivity index (χ4v) is 3.13. The molecular formula is C16H16ClN3S. The third-order valence-electron chi connectivity index (χ3n) is 3.07. The number of pyridine rings is 1. The molecule has 2 aromatic rings. The van der Waals surface area contributed by atoms with Crippen molar-refractivity contribution >= 4 is 23.4 Å². The maximum Gasteiger partial charge on any atom is 0.141 e. The van der Waals surface area contributed by atoms with Crippen LogP contribution in [0.2, 0.25) is 5.02 Å². The Labute approximate surface area is 134 Å². The Bertz CT molecular complexity index is 610. The number of nitriles is 1. The van der Waals surface area contributed by atoms with Gasteiger partial charge in [-0.15, -0.1) is 11.8 Å². The van der Waals surface area contributed by atoms with Gasteiger partial charge in [-0.25, -0.2) is 4.98 Å². The molecule has 0 aliphatic carbocycles. The number of aromatic nitrogens is 1. The highest BCUT2D eigenvalue weighted by Gasteiger charge is 2.31. The van der Waals surface area contributed by atoms with Gasteiger partial charge in [0.2, 0.25) is 0 Å². The first-order chi connectivity index (χ1) is 10.2. The molecule has 21 heavy (non-hydrogen) atoms. The smallest absolute Gasteiger partial charge is 0.141 e. The van der Waals surface area contributed by atoms with Gasteiger partial charge < -0.3 is 0 Å². The molecule has 1 aromatic heterocycles. The lowest BCUT2D eigenvalue weighted by Gasteiger charge is -2.27. The van der Waals surface area contributed by atoms with E-state index in [1.165, 1.54) is 0 Å². The van der Waals surface area contributed by atoms with Gasteiger partial charge in [0.1, 0.15) is 5.54 Å². The van der Waals surface area contributed by atoms with Crippen molar-refractivity contribution < 1.29 is 0 Å². The minimum Gasteiger partial charge on any atom is -0.295 e. The molecule has 1 atom stereocenters. The quantitative estimate of drug-likeness (QED) is 0.822. The van der Waals surface area contributed by atoms with Crippen LogP contribution >= 0.6 is 23.4 Å². The highest BCUT2D eigenvalue weighted by atomic mass is 35.5. The Kier molecular flexibility index (Phi) is 5.63. The summed E-state index contributed by atoms with van der Waals surface area (Å²) in [5, 5.41) is 14.5. The summed E-state index contributed by atoms with van der Waals surface area (Å²) in [7, 11) is 0. The van der Waals surface area contributed by atoms with E-state index in [-0.39, 0.29) is 0 Å². The Morgan fingerprint density at radius 1 is 1.29 bits per heavy atom. The Hall–Kier alpha value is -1.54. The molecule has 0 spiro atoms. The van der Waals surface area contributed by atoms with Crippen LogP contribution in [0.15, 0.2) is 53.7 Å². The number of nitrogens with one attached hydrogen (secondary N) is 1. The second kappa shape index (κ2) is 7.46. The van der Waals surface area contributed by atoms with E-state index in [9.17, 15) is 5.26 Å². The third-order valence-corrected chi connectivity index (χ3v) is 4.41. The van der Waals surface area contributed by atoms with Crippen LogP contribution in [0.1, 0.15) is 12.5 Å². The fourth-order valence-electron chi connectivity index (χ4n) is 2.03. The van der Waals surface area contributed by atoms with E-state index >= 15 is 0 Å². The zero-order valence-electron chi connectivity index (χ0n) is 11.7. The van der Waals surface area contributed by atoms with E-state index in [1.807, 2.05) is 43.3 Å². The fraction of sp³-hybridized carbons (Fsp3) is 0.250. The summed E-state index contributed by atoms with van der Waals surface area (Å²) in [5.74, 6) is 0.579. The van der Waals surface area contributed by atoms with Crippen LogP contribution in [0, 0.1) is 11.3 Å². The zero-order chi connectivity index (χ0) is 15.1. The van der Waals surface area contributed by atoms with E-state index in [1.54, 1.807) is 24.0 Å². The number of rotatable bonds is 6. The van der Waals surface area contributed by atoms with Crippen molar-refractivity contribution in [3.05, 3.63) is 59.2 Å². The van der Waals surface area contributed by atoms with Crippen molar-refractivity contribution in [2.75, 3.05) is 12.3 Å². The average molecular weight is 318 g/mol. The Morgan fingerprint density at radius 2 is 2.05 bits per heavy atom. The minimum atomic E-state index is -0.720. The lowest BCUT2D eigenvalue weighted by Crippen LogP contribution is -2.43. The highest BCUT2D eigenvalue weighted by molar-refractivity contribution is 7.99. The first kappa shape index (κ1) is 15.8. The van der Waals surface area contributed by atoms with Crippen molar-refractivity contribution in [2.24, 2.45) is 0 Å². The summed E-state index contributed by atoms with van der Waals surface area (Å²) in [5.41, 5.74) is 0.248. The average Bonchev–Trinajstić information content (AvgIpc) is 2.54. The van der Waals surface area contributed by atoms with Crippen LogP contribution in [0.3, 0.4) is 0 Å². The maximum absolute atomic E-state index is 9.72. The number of hydrogen-bond acceptors (Lipinski definition) is 4. The SMILES string of the molecule is CCNC(C#N)(CSc1ccc(Cl)cn1)c1ccccc1. The monoisotopic (exact) mass is 317 g/mol. The van der Waals surface area contributed by atoms with Crippen molar-refractivity contribution in [2.45, 2.75) is 17.5 Å². The van der Waals surface area contributed by atoms with Crippen molar-refractivity contribution in [1.29, 1.82) is 5.26 Å². The van der Waals surface area contributed by atoms with Gasteiger partial charge in [0, 0.05) is 11.9 Å². The molecular weight excluding hydrogens is 302 g/mol. The summed E-state index contributed by atoms with van der Waals surface area (Å²) < 4.78 is 0. The second-order valence-corrected chi connectivity index (χ2v) is 5.95. The second-order valence-electron chi connectivity index (χ2n) is 4.52. The molecule has 1 N–H and O–H groups in total. The van der Waals surface area contributed by atoms with E-state index in [0.29, 0.717) is 10.8 Å². The predicted octanol–water partition coefficient (Wildman–Crippen LogP) is 3.86. The van der Waals surface area contributed by atoms with Gasteiger partial charge in [-0.3, -0.25) is 5.32 Å². The van der Waals surface area contributed by atoms with Crippen molar-refractivity contribution in [1.82, 2.24) is 10.3 Å². The topological polar surface area (TPSA) is 48.7 Å². The number of benzene rings is 1. The normalized spacial score (nSPS) is 13.4. The standard InChI is InChI=1S/C16H16ClN3S/c1-2-20-16(11-18,13-6-4-3-5-7-13)12-21-15-9-8-14(17)10-19-15/h3-10,20H,2,12H2,1H3. The molecule has 1 heterocycles. The Morgan fingerprint density at radius 3 is 2.62 bits per heavy atom. The van der Waals surface area contributed by atoms with Gasteiger partial charge in [0.05, 0.1) is 16.1 Å². The van der Waals surface area contributed by atoms with E-state index in [4.69, 9.17) is 11.6 Å². The van der Waals surface area contributed by atoms with Gasteiger partial charge in [-0.2, -0.15) is 5.26 Å². The van der Waals surface area contributed by atoms with Crippen LogP contribution in [-0.4, -0.2) is 17.3 Å². The summed E-state index contributed by atoms with van der Waals surface area (Å²) >= 11 is 7.38. The van der Waals surface area contributed by atoms with Crippen LogP contribution in [0.5, 0.6) is 0 Å². The number of halogens is 1. The summed E-state index contributed by atoms with van der Waals surface area (Å²) in [6, 6.07) is 15.9. The van der Waals surface area contributed by atoms with Crippen LogP contribution < -0.4 is 5.32 Å². The largest absolute Gasteiger partial charge is 0.295 e. The molecule has 2 rings (SSSR count). The Balaban J connectivity index is 2.21. The molecule has 1 aromatic carbocycles. The van der Waals surface area contributed by atoms with Gasteiger partial charge in [0.15, 0.2) is 0 Å². The number of thioether (sulfide) groups is 1. The molecule has 0 aliphatic rings. The molecule has 108 valence electrons. The molecule has 0 fully saturated rings. The number of hydrogen-bond donors (Lipinski definition) is 1. The highest BCUT2D eigenvalue weighted by Crippen LogP contribution is 2.29. The lowest BCUT2D eigenvalue weighted by molar-refractivity contribution is 0.490. The molecule has 0 aliphatic heterocycles. The summed E-state index contributed by atoms with van der Waals surface area (Å²) in [4.78, 5) is 4.26. The molecule has 0 radical (unpaired) electrons. The molecule has 0 saturated heterocycles. The van der Waals surface area contributed by atoms with Gasteiger partial charge in [0.25, 0.3) is 0 Å². The molecule has 0 amide bonds. The lowest BCUT2D eigenvalue weighted by atomic mass is 9.93. The van der Waals surface area contributed by atoms with Crippen LogP contribution in [0.4, 0.5) is 0 Å². The predicted molar refractivity (Wildman–Crippen MR) is 87.4 cm³/mol. The first-order valence-electron chi connectivity index (χ1n) is 6.66. The zero-order valence-corrected chi connectivity index (χ0v) is 13.3. The van der Waals surface area contributed by atoms with E-state index in [0.717, 1.165) is 17.1 Å². The van der Waals surface area contributed by atoms with Crippen LogP contribution in [0.25, 0.3) is 0 Å². The number of nitrogens with zero attached hydrogens (tertiary/aromatic N) is 2. The maximum atomic E-state index is 9.72. The summed E-state index contributed by atoms with van der Waals surface area (Å²) in [6.07, 6.45) is 1.62. The van der Waals surface area contributed by atoms with Gasteiger partial charge >= 0.3 is 0 Å². The van der Waals surface area contributed by atoms with E-state index < -0.39 is 5.54 Å². The third kappa shape index (κ3) is 3.98. The van der Waals surface area contributed by atoms with Crippen molar-refractivity contribution in [3.63, 3.8) is 0 Å². The van der Waals surface area contributed by atoms with Crippen LogP contribution in [-0.2, 0) is 5.54 Å². The minimum absolute atomic E-state index is 0.579. The molecule has 5 heteroatoms. The van der Waals surface area contributed by atoms with Gasteiger partial charge in [-0.05, 0) is 24.2 Å². The molecule has 1 unspecified atom stereocenters. The first-order valence-corrected chi connectivity index (χ1v) is 8.03. The van der Waals surface area contributed by atoms with E-state index in [2.05, 4.69) is 16.4 Å². The molecule has 3 nitrogen and oxygen atoms in total.